The van der Waals surface area contributed by atoms with E-state index in [1.54, 1.807) is 13.0 Å². The summed E-state index contributed by atoms with van der Waals surface area (Å²) in [6.45, 7) is 1.84. The van der Waals surface area contributed by atoms with Crippen LogP contribution in [0.2, 0.25) is 5.02 Å². The Morgan fingerprint density at radius 1 is 1.36 bits per heavy atom. The van der Waals surface area contributed by atoms with Crippen molar-refractivity contribution in [2.24, 2.45) is 0 Å². The first kappa shape index (κ1) is 16.5. The van der Waals surface area contributed by atoms with Crippen LogP contribution in [0.15, 0.2) is 39.8 Å². The number of hydrogen-bond acceptors (Lipinski definition) is 5. The van der Waals surface area contributed by atoms with Crippen LogP contribution in [0.3, 0.4) is 0 Å². The smallest absolute Gasteiger partial charge is 0.271 e. The maximum atomic E-state index is 12.5. The van der Waals surface area contributed by atoms with Gasteiger partial charge in [0.2, 0.25) is 10.0 Å². The Hall–Kier alpha value is -1.90. The first-order chi connectivity index (χ1) is 10.2. The molecule has 22 heavy (non-hydrogen) atoms. The van der Waals surface area contributed by atoms with Crippen LogP contribution in [-0.2, 0) is 16.6 Å². The van der Waals surface area contributed by atoms with Gasteiger partial charge in [0.15, 0.2) is 0 Å². The Morgan fingerprint density at radius 2 is 2.05 bits per heavy atom. The number of sulfonamides is 1. The van der Waals surface area contributed by atoms with Crippen LogP contribution in [0.1, 0.15) is 11.3 Å². The summed E-state index contributed by atoms with van der Waals surface area (Å²) in [6.07, 6.45) is 1.48. The molecule has 0 aliphatic heterocycles. The van der Waals surface area contributed by atoms with Crippen LogP contribution in [0.25, 0.3) is 0 Å². The third kappa shape index (κ3) is 3.13. The monoisotopic (exact) mass is 344 g/mol. The number of aryl methyl sites for hydroxylation is 1. The predicted octanol–water partition coefficient (Wildman–Crippen LogP) is 2.97. The van der Waals surface area contributed by atoms with Gasteiger partial charge < -0.3 is 4.42 Å². The normalized spacial score (nSPS) is 11.8. The summed E-state index contributed by atoms with van der Waals surface area (Å²) in [5.41, 5.74) is 0.460. The number of halogens is 1. The van der Waals surface area contributed by atoms with Gasteiger partial charge in [-0.3, -0.25) is 10.1 Å². The summed E-state index contributed by atoms with van der Waals surface area (Å²) in [5.74, 6) is 0.622. The minimum atomic E-state index is -3.87. The van der Waals surface area contributed by atoms with Crippen LogP contribution in [0.4, 0.5) is 5.69 Å². The number of benzene rings is 1. The molecule has 7 nitrogen and oxygen atoms in total. The van der Waals surface area contributed by atoms with Gasteiger partial charge in [0.1, 0.15) is 10.7 Å². The standard InChI is InChI=1S/C13H13ClN2O5S/c1-9-10(5-6-21-9)8-15(2)22(19,20)13-4-3-11(16(17)18)7-12(13)14/h3-7H,8H2,1-2H3. The average molecular weight is 345 g/mol. The summed E-state index contributed by atoms with van der Waals surface area (Å²) < 4.78 is 31.3. The van der Waals surface area contributed by atoms with Gasteiger partial charge in [-0.05, 0) is 19.1 Å². The summed E-state index contributed by atoms with van der Waals surface area (Å²) in [7, 11) is -2.47. The fourth-order valence-electron chi connectivity index (χ4n) is 1.88. The van der Waals surface area contributed by atoms with E-state index in [9.17, 15) is 18.5 Å². The summed E-state index contributed by atoms with van der Waals surface area (Å²) >= 11 is 5.89. The Balaban J connectivity index is 2.34. The second-order valence-electron chi connectivity index (χ2n) is 4.63. The number of nitrogens with zero attached hydrogens (tertiary/aromatic N) is 2. The number of nitro groups is 1. The van der Waals surface area contributed by atoms with Gasteiger partial charge in [0, 0.05) is 31.3 Å². The molecule has 0 aliphatic rings. The second kappa shape index (κ2) is 6.07. The zero-order valence-corrected chi connectivity index (χ0v) is 13.4. The molecule has 1 aromatic carbocycles. The average Bonchev–Trinajstić information content (AvgIpc) is 2.83. The molecule has 0 atom stereocenters. The van der Waals surface area contributed by atoms with Crippen molar-refractivity contribution in [3.8, 4) is 0 Å². The lowest BCUT2D eigenvalue weighted by Crippen LogP contribution is -2.26. The summed E-state index contributed by atoms with van der Waals surface area (Å²) in [5, 5.41) is 10.5. The van der Waals surface area contributed by atoms with E-state index in [-0.39, 0.29) is 22.2 Å². The molecule has 118 valence electrons. The molecule has 1 aromatic heterocycles. The van der Waals surface area contributed by atoms with Gasteiger partial charge in [-0.2, -0.15) is 4.31 Å². The lowest BCUT2D eigenvalue weighted by Gasteiger charge is -2.17. The molecular formula is C13H13ClN2O5S. The van der Waals surface area contributed by atoms with Crippen molar-refractivity contribution in [2.75, 3.05) is 7.05 Å². The van der Waals surface area contributed by atoms with Gasteiger partial charge in [0.25, 0.3) is 5.69 Å². The molecule has 0 bridgehead atoms. The molecule has 0 aliphatic carbocycles. The van der Waals surface area contributed by atoms with E-state index >= 15 is 0 Å². The molecule has 0 saturated heterocycles. The van der Waals surface area contributed by atoms with Crippen molar-refractivity contribution in [1.29, 1.82) is 0 Å². The molecule has 0 spiro atoms. The van der Waals surface area contributed by atoms with E-state index in [1.807, 2.05) is 0 Å². The van der Waals surface area contributed by atoms with E-state index < -0.39 is 14.9 Å². The molecule has 0 N–H and O–H groups in total. The van der Waals surface area contributed by atoms with Crippen LogP contribution >= 0.6 is 11.6 Å². The van der Waals surface area contributed by atoms with Gasteiger partial charge >= 0.3 is 0 Å². The highest BCUT2D eigenvalue weighted by Crippen LogP contribution is 2.28. The number of non-ortho nitro benzene ring substituents is 1. The van der Waals surface area contributed by atoms with Gasteiger partial charge in [-0.15, -0.1) is 0 Å². The Labute approximate surface area is 132 Å². The van der Waals surface area contributed by atoms with Crippen molar-refractivity contribution in [3.63, 3.8) is 0 Å². The molecule has 0 fully saturated rings. The number of furan rings is 1. The highest BCUT2D eigenvalue weighted by atomic mass is 35.5. The van der Waals surface area contributed by atoms with Crippen LogP contribution in [0, 0.1) is 17.0 Å². The lowest BCUT2D eigenvalue weighted by molar-refractivity contribution is -0.384. The number of nitro benzene ring substituents is 1. The highest BCUT2D eigenvalue weighted by molar-refractivity contribution is 7.89. The van der Waals surface area contributed by atoms with Crippen molar-refractivity contribution in [2.45, 2.75) is 18.4 Å². The first-order valence-electron chi connectivity index (χ1n) is 6.16. The number of rotatable bonds is 5. The SMILES string of the molecule is Cc1occc1CN(C)S(=O)(=O)c1ccc([N+](=O)[O-])cc1Cl. The highest BCUT2D eigenvalue weighted by Gasteiger charge is 2.26. The molecule has 2 rings (SSSR count). The molecule has 0 unspecified atom stereocenters. The van der Waals surface area contributed by atoms with Gasteiger partial charge in [-0.25, -0.2) is 8.42 Å². The van der Waals surface area contributed by atoms with E-state index in [0.717, 1.165) is 28.1 Å². The zero-order chi connectivity index (χ0) is 16.5. The summed E-state index contributed by atoms with van der Waals surface area (Å²) in [6, 6.07) is 4.94. The first-order valence-corrected chi connectivity index (χ1v) is 7.98. The maximum Gasteiger partial charge on any atom is 0.271 e. The predicted molar refractivity (Wildman–Crippen MR) is 80.2 cm³/mol. The Kier molecular flexibility index (Phi) is 4.55. The Morgan fingerprint density at radius 3 is 2.55 bits per heavy atom. The topological polar surface area (TPSA) is 93.7 Å². The number of hydrogen-bond donors (Lipinski definition) is 0. The van der Waals surface area contributed by atoms with Crippen molar-refractivity contribution in [1.82, 2.24) is 4.31 Å². The van der Waals surface area contributed by atoms with Crippen molar-refractivity contribution >= 4 is 27.3 Å². The molecule has 0 radical (unpaired) electrons. The third-order valence-electron chi connectivity index (χ3n) is 3.17. The van der Waals surface area contributed by atoms with E-state index in [2.05, 4.69) is 0 Å². The van der Waals surface area contributed by atoms with Gasteiger partial charge in [-0.1, -0.05) is 11.6 Å². The maximum absolute atomic E-state index is 12.5. The van der Waals surface area contributed by atoms with E-state index in [1.165, 1.54) is 13.3 Å². The van der Waals surface area contributed by atoms with Crippen molar-refractivity contribution < 1.29 is 17.8 Å². The molecule has 1 heterocycles. The van der Waals surface area contributed by atoms with Crippen molar-refractivity contribution in [3.05, 3.63) is 57.0 Å². The molecule has 0 saturated carbocycles. The summed E-state index contributed by atoms with van der Waals surface area (Å²) in [4.78, 5) is 9.86. The quantitative estimate of drug-likeness (QED) is 0.614. The second-order valence-corrected chi connectivity index (χ2v) is 7.06. The zero-order valence-electron chi connectivity index (χ0n) is 11.8. The minimum Gasteiger partial charge on any atom is -0.469 e. The third-order valence-corrected chi connectivity index (χ3v) is 5.46. The van der Waals surface area contributed by atoms with Crippen LogP contribution < -0.4 is 0 Å². The lowest BCUT2D eigenvalue weighted by atomic mass is 10.3. The fourth-order valence-corrected chi connectivity index (χ4v) is 3.54. The fraction of sp³-hybridized carbons (Fsp3) is 0.231. The molecule has 2 aromatic rings. The molecule has 9 heteroatoms. The molecule has 0 amide bonds. The largest absolute Gasteiger partial charge is 0.469 e. The van der Waals surface area contributed by atoms with Crippen LogP contribution in [-0.4, -0.2) is 24.7 Å². The Bertz CT molecular complexity index is 816. The van der Waals surface area contributed by atoms with E-state index in [0.29, 0.717) is 5.76 Å². The van der Waals surface area contributed by atoms with E-state index in [4.69, 9.17) is 16.0 Å². The van der Waals surface area contributed by atoms with Crippen LogP contribution in [0.5, 0.6) is 0 Å². The molecular weight excluding hydrogens is 332 g/mol. The minimum absolute atomic E-state index is 0.109. The van der Waals surface area contributed by atoms with Gasteiger partial charge in [0.05, 0.1) is 16.2 Å².